The van der Waals surface area contributed by atoms with Gasteiger partial charge in [0, 0.05) is 17.8 Å². The molecule has 5 nitrogen and oxygen atoms in total. The molecule has 2 aromatic heterocycles. The fraction of sp³-hybridized carbons (Fsp3) is 0.208. The molecule has 0 atom stereocenters. The van der Waals surface area contributed by atoms with Crippen molar-refractivity contribution in [3.63, 3.8) is 0 Å². The molecule has 0 bridgehead atoms. The maximum atomic E-state index is 5.94. The number of nitrogens with zero attached hydrogens (tertiary/aromatic N) is 3. The van der Waals surface area contributed by atoms with Gasteiger partial charge in [0.2, 0.25) is 0 Å². The normalized spacial score (nSPS) is 11.4. The first-order valence-electron chi connectivity index (χ1n) is 9.64. The third-order valence-electron chi connectivity index (χ3n) is 5.18. The Bertz CT molecular complexity index is 1070. The predicted octanol–water partition coefficient (Wildman–Crippen LogP) is 5.08. The summed E-state index contributed by atoms with van der Waals surface area (Å²) in [4.78, 5) is 15.9. The van der Waals surface area contributed by atoms with Gasteiger partial charge in [0.15, 0.2) is 5.82 Å². The molecule has 2 heterocycles. The van der Waals surface area contributed by atoms with E-state index in [-0.39, 0.29) is 5.41 Å². The van der Waals surface area contributed by atoms with Gasteiger partial charge in [-0.25, -0.2) is 15.0 Å². The molecule has 0 aliphatic heterocycles. The number of benzene rings is 2. The number of nitrogens with one attached hydrogen (secondary N) is 1. The SMILES string of the molecule is Cc1ccc(C(C)(C)c2ccc(OCc3ccnc(-c4c[nH]cn4)n3)cc2)cc1. The molecule has 0 amide bonds. The van der Waals surface area contributed by atoms with Crippen LogP contribution in [-0.2, 0) is 12.0 Å². The minimum absolute atomic E-state index is 0.0721. The van der Waals surface area contributed by atoms with E-state index in [2.05, 4.69) is 77.1 Å². The largest absolute Gasteiger partial charge is 0.487 e. The monoisotopic (exact) mass is 384 g/mol. The van der Waals surface area contributed by atoms with E-state index in [9.17, 15) is 0 Å². The molecule has 29 heavy (non-hydrogen) atoms. The summed E-state index contributed by atoms with van der Waals surface area (Å²) in [6, 6.07) is 18.9. The zero-order valence-corrected chi connectivity index (χ0v) is 16.9. The summed E-state index contributed by atoms with van der Waals surface area (Å²) in [6.07, 6.45) is 5.11. The molecule has 0 spiro atoms. The summed E-state index contributed by atoms with van der Waals surface area (Å²) in [5.74, 6) is 1.40. The van der Waals surface area contributed by atoms with E-state index < -0.39 is 0 Å². The van der Waals surface area contributed by atoms with Gasteiger partial charge < -0.3 is 9.72 Å². The van der Waals surface area contributed by atoms with E-state index in [1.807, 2.05) is 18.2 Å². The Morgan fingerprint density at radius 1 is 0.897 bits per heavy atom. The van der Waals surface area contributed by atoms with Crippen molar-refractivity contribution in [2.24, 2.45) is 0 Å². The van der Waals surface area contributed by atoms with Crippen molar-refractivity contribution < 1.29 is 4.74 Å². The zero-order chi connectivity index (χ0) is 20.3. The molecule has 4 aromatic rings. The molecule has 0 saturated heterocycles. The van der Waals surface area contributed by atoms with E-state index in [0.29, 0.717) is 12.4 Å². The lowest BCUT2D eigenvalue weighted by atomic mass is 9.78. The number of aromatic amines is 1. The molecule has 0 fully saturated rings. The van der Waals surface area contributed by atoms with Gasteiger partial charge in [-0.15, -0.1) is 0 Å². The number of ether oxygens (including phenoxy) is 1. The smallest absolute Gasteiger partial charge is 0.180 e. The number of hydrogen-bond donors (Lipinski definition) is 1. The first-order chi connectivity index (χ1) is 14.0. The molecule has 2 aromatic carbocycles. The molecular formula is C24H24N4O. The summed E-state index contributed by atoms with van der Waals surface area (Å²) in [6.45, 7) is 6.97. The van der Waals surface area contributed by atoms with E-state index in [1.165, 1.54) is 16.7 Å². The van der Waals surface area contributed by atoms with Crippen molar-refractivity contribution in [1.29, 1.82) is 0 Å². The van der Waals surface area contributed by atoms with E-state index >= 15 is 0 Å². The third kappa shape index (κ3) is 4.19. The van der Waals surface area contributed by atoms with Crippen molar-refractivity contribution in [1.82, 2.24) is 19.9 Å². The summed E-state index contributed by atoms with van der Waals surface area (Å²) >= 11 is 0. The topological polar surface area (TPSA) is 63.7 Å². The van der Waals surface area contributed by atoms with E-state index in [4.69, 9.17) is 4.74 Å². The van der Waals surface area contributed by atoms with Crippen molar-refractivity contribution in [2.45, 2.75) is 32.8 Å². The number of H-pyrrole nitrogens is 1. The molecule has 4 rings (SSSR count). The second-order valence-electron chi connectivity index (χ2n) is 7.63. The number of rotatable bonds is 6. The van der Waals surface area contributed by atoms with Crippen LogP contribution in [0.5, 0.6) is 5.75 Å². The van der Waals surface area contributed by atoms with Gasteiger partial charge in [-0.2, -0.15) is 0 Å². The second kappa shape index (κ2) is 7.87. The molecule has 0 aliphatic rings. The number of aromatic nitrogens is 4. The number of hydrogen-bond acceptors (Lipinski definition) is 4. The highest BCUT2D eigenvalue weighted by atomic mass is 16.5. The van der Waals surface area contributed by atoms with Gasteiger partial charge in [0.1, 0.15) is 18.1 Å². The van der Waals surface area contributed by atoms with Crippen LogP contribution in [0.25, 0.3) is 11.5 Å². The van der Waals surface area contributed by atoms with E-state index in [1.54, 1.807) is 18.7 Å². The van der Waals surface area contributed by atoms with Gasteiger partial charge in [0.25, 0.3) is 0 Å². The molecule has 0 radical (unpaired) electrons. The van der Waals surface area contributed by atoms with Crippen molar-refractivity contribution in [3.05, 3.63) is 95.7 Å². The van der Waals surface area contributed by atoms with Crippen LogP contribution in [0.15, 0.2) is 73.3 Å². The molecule has 0 saturated carbocycles. The quantitative estimate of drug-likeness (QED) is 0.503. The molecule has 0 unspecified atom stereocenters. The molecule has 0 aliphatic carbocycles. The molecule has 5 heteroatoms. The molecule has 146 valence electrons. The van der Waals surface area contributed by atoms with Crippen LogP contribution in [0.2, 0.25) is 0 Å². The van der Waals surface area contributed by atoms with Crippen LogP contribution >= 0.6 is 0 Å². The fourth-order valence-corrected chi connectivity index (χ4v) is 3.24. The Labute approximate surface area is 170 Å². The van der Waals surface area contributed by atoms with Crippen molar-refractivity contribution in [3.8, 4) is 17.3 Å². The van der Waals surface area contributed by atoms with Gasteiger partial charge >= 0.3 is 0 Å². The average Bonchev–Trinajstić information content (AvgIpc) is 3.28. The lowest BCUT2D eigenvalue weighted by Crippen LogP contribution is -2.18. The van der Waals surface area contributed by atoms with Crippen LogP contribution in [0.3, 0.4) is 0 Å². The standard InChI is InChI=1S/C24H24N4O/c1-17-4-6-18(7-5-17)24(2,3)19-8-10-21(11-9-19)29-15-20-12-13-26-23(28-20)22-14-25-16-27-22/h4-14,16H,15H2,1-3H3,(H,25,27). The fourth-order valence-electron chi connectivity index (χ4n) is 3.24. The Morgan fingerprint density at radius 3 is 2.24 bits per heavy atom. The highest BCUT2D eigenvalue weighted by Gasteiger charge is 2.22. The van der Waals surface area contributed by atoms with Gasteiger partial charge in [-0.05, 0) is 36.2 Å². The lowest BCUT2D eigenvalue weighted by molar-refractivity contribution is 0.301. The third-order valence-corrected chi connectivity index (χ3v) is 5.18. The maximum absolute atomic E-state index is 5.94. The maximum Gasteiger partial charge on any atom is 0.180 e. The van der Waals surface area contributed by atoms with Crippen molar-refractivity contribution in [2.75, 3.05) is 0 Å². The summed E-state index contributed by atoms with van der Waals surface area (Å²) < 4.78 is 5.94. The highest BCUT2D eigenvalue weighted by Crippen LogP contribution is 2.32. The Kier molecular flexibility index (Phi) is 5.12. The van der Waals surface area contributed by atoms with Gasteiger partial charge in [0.05, 0.1) is 12.0 Å². The summed E-state index contributed by atoms with van der Waals surface area (Å²) in [5.41, 5.74) is 5.27. The summed E-state index contributed by atoms with van der Waals surface area (Å²) in [5, 5.41) is 0. The van der Waals surface area contributed by atoms with Crippen LogP contribution in [0.1, 0.15) is 36.2 Å². The van der Waals surface area contributed by atoms with Crippen LogP contribution in [0.4, 0.5) is 0 Å². The highest BCUT2D eigenvalue weighted by molar-refractivity contribution is 5.46. The van der Waals surface area contributed by atoms with Crippen LogP contribution in [0, 0.1) is 6.92 Å². The number of aryl methyl sites for hydroxylation is 1. The Balaban J connectivity index is 1.45. The Morgan fingerprint density at radius 2 is 1.59 bits per heavy atom. The first kappa shape index (κ1) is 18.9. The zero-order valence-electron chi connectivity index (χ0n) is 16.9. The molecular weight excluding hydrogens is 360 g/mol. The molecule has 1 N–H and O–H groups in total. The minimum Gasteiger partial charge on any atom is -0.487 e. The predicted molar refractivity (Wildman–Crippen MR) is 114 cm³/mol. The van der Waals surface area contributed by atoms with Crippen molar-refractivity contribution >= 4 is 0 Å². The van der Waals surface area contributed by atoms with E-state index in [0.717, 1.165) is 17.1 Å². The number of imidazole rings is 1. The van der Waals surface area contributed by atoms with Gasteiger partial charge in [-0.1, -0.05) is 55.8 Å². The van der Waals surface area contributed by atoms with Crippen LogP contribution in [-0.4, -0.2) is 19.9 Å². The average molecular weight is 384 g/mol. The summed E-state index contributed by atoms with van der Waals surface area (Å²) in [7, 11) is 0. The van der Waals surface area contributed by atoms with Crippen LogP contribution < -0.4 is 4.74 Å². The second-order valence-corrected chi connectivity index (χ2v) is 7.63. The Hall–Kier alpha value is -3.47. The van der Waals surface area contributed by atoms with Gasteiger partial charge in [-0.3, -0.25) is 0 Å². The lowest BCUT2D eigenvalue weighted by Gasteiger charge is -2.26. The first-order valence-corrected chi connectivity index (χ1v) is 9.64. The minimum atomic E-state index is -0.0721.